The zero-order valence-electron chi connectivity index (χ0n) is 22.9. The van der Waals surface area contributed by atoms with Crippen LogP contribution in [-0.4, -0.2) is 90.7 Å². The van der Waals surface area contributed by atoms with Crippen molar-refractivity contribution in [2.75, 3.05) is 69.9 Å². The Bertz CT molecular complexity index is 1830. The molecule has 0 radical (unpaired) electrons. The summed E-state index contributed by atoms with van der Waals surface area (Å²) in [6.45, 7) is 6.11. The first-order chi connectivity index (χ1) is 20.5. The predicted molar refractivity (Wildman–Crippen MR) is 158 cm³/mol. The van der Waals surface area contributed by atoms with E-state index in [1.54, 1.807) is 25.5 Å². The predicted octanol–water partition coefficient (Wildman–Crippen LogP) is 2.94. The SMILES string of the molecule is C1COCCN1.CNc1cc(F)cc2c1[nH]c1ncc(-c3cnc4[nH]cc(C(=O)O)c(=O)c4c3)c(N3CCOCC3)c12. The van der Waals surface area contributed by atoms with Gasteiger partial charge in [0.25, 0.3) is 0 Å². The zero-order chi connectivity index (χ0) is 29.2. The van der Waals surface area contributed by atoms with Crippen LogP contribution in [0.1, 0.15) is 10.4 Å². The molecule has 13 heteroatoms. The fourth-order valence-electron chi connectivity index (χ4n) is 5.36. The number of anilines is 2. The van der Waals surface area contributed by atoms with E-state index < -0.39 is 11.4 Å². The van der Waals surface area contributed by atoms with Gasteiger partial charge < -0.3 is 40.1 Å². The molecule has 0 bridgehead atoms. The maximum Gasteiger partial charge on any atom is 0.341 e. The summed E-state index contributed by atoms with van der Waals surface area (Å²) in [7, 11) is 1.73. The van der Waals surface area contributed by atoms with E-state index in [2.05, 4.69) is 35.5 Å². The van der Waals surface area contributed by atoms with Crippen molar-refractivity contribution < 1.29 is 23.8 Å². The van der Waals surface area contributed by atoms with Crippen molar-refractivity contribution in [2.45, 2.75) is 0 Å². The van der Waals surface area contributed by atoms with Crippen LogP contribution in [0.2, 0.25) is 0 Å². The third kappa shape index (κ3) is 5.13. The minimum absolute atomic E-state index is 0.155. The van der Waals surface area contributed by atoms with Crippen molar-refractivity contribution in [3.05, 3.63) is 58.4 Å². The van der Waals surface area contributed by atoms with Crippen LogP contribution in [0.5, 0.6) is 0 Å². The van der Waals surface area contributed by atoms with Gasteiger partial charge in [-0.1, -0.05) is 0 Å². The van der Waals surface area contributed by atoms with Crippen molar-refractivity contribution in [1.82, 2.24) is 25.3 Å². The van der Waals surface area contributed by atoms with Gasteiger partial charge in [0.1, 0.15) is 22.7 Å². The van der Waals surface area contributed by atoms with Crippen LogP contribution in [0.15, 0.2) is 41.6 Å². The molecule has 1 aromatic carbocycles. The smallest absolute Gasteiger partial charge is 0.341 e. The van der Waals surface area contributed by atoms with Crippen molar-refractivity contribution in [3.63, 3.8) is 0 Å². The molecule has 5 N–H and O–H groups in total. The second-order valence-electron chi connectivity index (χ2n) is 9.91. The second kappa shape index (κ2) is 11.7. The molecule has 0 saturated carbocycles. The van der Waals surface area contributed by atoms with Gasteiger partial charge in [-0.05, 0) is 18.2 Å². The van der Waals surface area contributed by atoms with Gasteiger partial charge in [0.05, 0.1) is 54.1 Å². The number of pyridine rings is 3. The molecular weight excluding hydrogens is 545 g/mol. The van der Waals surface area contributed by atoms with Gasteiger partial charge in [-0.25, -0.2) is 19.2 Å². The van der Waals surface area contributed by atoms with E-state index in [0.29, 0.717) is 54.2 Å². The monoisotopic (exact) mass is 575 g/mol. The Morgan fingerprint density at radius 3 is 2.43 bits per heavy atom. The van der Waals surface area contributed by atoms with Gasteiger partial charge in [-0.2, -0.15) is 0 Å². The Balaban J connectivity index is 0.000000470. The highest BCUT2D eigenvalue weighted by atomic mass is 19.1. The Labute approximate surface area is 238 Å². The third-order valence-corrected chi connectivity index (χ3v) is 7.38. The largest absolute Gasteiger partial charge is 0.477 e. The number of aromatic nitrogens is 4. The van der Waals surface area contributed by atoms with Crippen molar-refractivity contribution in [1.29, 1.82) is 0 Å². The summed E-state index contributed by atoms with van der Waals surface area (Å²) in [6, 6.07) is 4.52. The van der Waals surface area contributed by atoms with E-state index in [4.69, 9.17) is 9.47 Å². The van der Waals surface area contributed by atoms with E-state index in [-0.39, 0.29) is 22.4 Å². The van der Waals surface area contributed by atoms with Gasteiger partial charge in [0.15, 0.2) is 0 Å². The first-order valence-corrected chi connectivity index (χ1v) is 13.6. The second-order valence-corrected chi connectivity index (χ2v) is 9.91. The lowest BCUT2D eigenvalue weighted by molar-refractivity contribution is 0.0695. The van der Waals surface area contributed by atoms with Gasteiger partial charge in [-0.3, -0.25) is 4.79 Å². The highest BCUT2D eigenvalue weighted by Gasteiger charge is 2.24. The third-order valence-electron chi connectivity index (χ3n) is 7.38. The minimum Gasteiger partial charge on any atom is -0.477 e. The zero-order valence-corrected chi connectivity index (χ0v) is 22.9. The number of carboxylic acid groups (broad SMARTS) is 1. The van der Waals surface area contributed by atoms with Crippen LogP contribution in [0.3, 0.4) is 0 Å². The number of aromatic amines is 2. The number of hydrogen-bond acceptors (Lipinski definition) is 9. The summed E-state index contributed by atoms with van der Waals surface area (Å²) in [5.74, 6) is -1.70. The van der Waals surface area contributed by atoms with Crippen LogP contribution in [0.4, 0.5) is 15.8 Å². The molecule has 0 spiro atoms. The normalized spacial score (nSPS) is 15.5. The summed E-state index contributed by atoms with van der Waals surface area (Å²) in [4.78, 5) is 41.6. The minimum atomic E-state index is -1.32. The summed E-state index contributed by atoms with van der Waals surface area (Å²) < 4.78 is 25.2. The molecule has 0 unspecified atom stereocenters. The lowest BCUT2D eigenvalue weighted by atomic mass is 10.0. The van der Waals surface area contributed by atoms with E-state index in [1.165, 1.54) is 12.1 Å². The molecule has 7 rings (SSSR count). The van der Waals surface area contributed by atoms with Crippen molar-refractivity contribution in [2.24, 2.45) is 0 Å². The van der Waals surface area contributed by atoms with Crippen LogP contribution in [0.25, 0.3) is 44.1 Å². The summed E-state index contributed by atoms with van der Waals surface area (Å²) in [6.07, 6.45) is 4.45. The van der Waals surface area contributed by atoms with Gasteiger partial charge in [0.2, 0.25) is 5.43 Å². The first-order valence-electron chi connectivity index (χ1n) is 13.6. The number of nitrogens with one attached hydrogen (secondary N) is 4. The number of H-pyrrole nitrogens is 2. The topological polar surface area (TPSA) is 157 Å². The Kier molecular flexibility index (Phi) is 7.69. The maximum absolute atomic E-state index is 14.6. The van der Waals surface area contributed by atoms with Crippen LogP contribution in [-0.2, 0) is 9.47 Å². The lowest BCUT2D eigenvalue weighted by Gasteiger charge is -2.31. The van der Waals surface area contributed by atoms with Crippen molar-refractivity contribution in [3.8, 4) is 11.1 Å². The highest BCUT2D eigenvalue weighted by molar-refractivity contribution is 6.17. The van der Waals surface area contributed by atoms with Gasteiger partial charge in [-0.15, -0.1) is 0 Å². The quantitative estimate of drug-likeness (QED) is 0.216. The molecule has 0 aliphatic carbocycles. The number of nitrogens with zero attached hydrogens (tertiary/aromatic N) is 3. The molecule has 4 aromatic heterocycles. The number of hydrogen-bond donors (Lipinski definition) is 5. The standard InChI is InChI=1S/C25H21FN6O4.C4H9NO/c1-27-18-8-13(26)7-14-19-21(32-2-4-36-5-3-32)16(10-30-24(19)31-20(14)18)12-6-15-22(33)17(25(34)35)11-29-23(15)28-9-12;1-3-6-4-2-5-1/h6-11,27H,2-5H2,1H3,(H,30,31)(H,34,35)(H,28,29,33);5H,1-4H2. The molecule has 12 nitrogen and oxygen atoms in total. The van der Waals surface area contributed by atoms with E-state index in [1.807, 2.05) is 0 Å². The number of benzene rings is 1. The highest BCUT2D eigenvalue weighted by Crippen LogP contribution is 2.42. The van der Waals surface area contributed by atoms with Crippen LogP contribution < -0.4 is 21.0 Å². The fourth-order valence-corrected chi connectivity index (χ4v) is 5.36. The molecular formula is C29H30FN7O5. The number of halogens is 1. The Morgan fingerprint density at radius 1 is 1.02 bits per heavy atom. The maximum atomic E-state index is 14.6. The summed E-state index contributed by atoms with van der Waals surface area (Å²) in [5.41, 5.74) is 3.32. The fraction of sp³-hybridized carbons (Fsp3) is 0.310. The summed E-state index contributed by atoms with van der Waals surface area (Å²) in [5, 5.41) is 17.1. The number of fused-ring (bicyclic) bond motifs is 4. The number of morpholine rings is 2. The molecule has 5 aromatic rings. The number of ether oxygens (including phenoxy) is 2. The Morgan fingerprint density at radius 2 is 1.76 bits per heavy atom. The molecule has 0 amide bonds. The van der Waals surface area contributed by atoms with E-state index >= 15 is 0 Å². The van der Waals surface area contributed by atoms with E-state index in [9.17, 15) is 19.1 Å². The lowest BCUT2D eigenvalue weighted by Crippen LogP contribution is -2.36. The average molecular weight is 576 g/mol. The molecule has 2 aliphatic heterocycles. The Hall–Kier alpha value is -4.59. The van der Waals surface area contributed by atoms with E-state index in [0.717, 1.165) is 49.1 Å². The molecule has 2 aliphatic rings. The molecule has 6 heterocycles. The molecule has 0 atom stereocenters. The van der Waals surface area contributed by atoms with Crippen LogP contribution >= 0.6 is 0 Å². The van der Waals surface area contributed by atoms with Gasteiger partial charge >= 0.3 is 5.97 Å². The molecule has 42 heavy (non-hydrogen) atoms. The van der Waals surface area contributed by atoms with Gasteiger partial charge in [0, 0.05) is 68.3 Å². The first kappa shape index (κ1) is 27.6. The number of rotatable bonds is 4. The number of carboxylic acids is 1. The number of aromatic carboxylic acids is 1. The number of carbonyl (C=O) groups is 1. The molecule has 2 fully saturated rings. The van der Waals surface area contributed by atoms with Crippen molar-refractivity contribution >= 4 is 50.3 Å². The van der Waals surface area contributed by atoms with Crippen LogP contribution in [0, 0.1) is 5.82 Å². The average Bonchev–Trinajstić information content (AvgIpc) is 3.40. The summed E-state index contributed by atoms with van der Waals surface area (Å²) >= 11 is 0. The molecule has 2 saturated heterocycles. The molecule has 218 valence electrons.